The highest BCUT2D eigenvalue weighted by Gasteiger charge is 2.27. The van der Waals surface area contributed by atoms with Crippen LogP contribution in [0.25, 0.3) is 0 Å². The molecule has 0 spiro atoms. The molecule has 1 aliphatic carbocycles. The van der Waals surface area contributed by atoms with Crippen molar-refractivity contribution in [2.75, 3.05) is 33.5 Å². The third kappa shape index (κ3) is 12.8. The van der Waals surface area contributed by atoms with Gasteiger partial charge in [0, 0.05) is 44.1 Å². The van der Waals surface area contributed by atoms with Gasteiger partial charge in [-0.05, 0) is 68.0 Å². The molecule has 1 saturated carbocycles. The number of H-pyrrole nitrogens is 1. The Morgan fingerprint density at radius 2 is 1.73 bits per heavy atom. The van der Waals surface area contributed by atoms with Crippen molar-refractivity contribution >= 4 is 45.0 Å². The number of halogens is 4. The first-order chi connectivity index (χ1) is 23.9. The lowest BCUT2D eigenvalue weighted by atomic mass is 10.0. The number of hydrogen-bond donors (Lipinski definition) is 1. The summed E-state index contributed by atoms with van der Waals surface area (Å²) >= 11 is 12.8. The molecule has 4 rings (SSSR count). The standard InChI is InChI=1S/C34H38Cl2F2N2O9S.H2O/c1-3-46-29-11-9-25(14-23(29)13-24(41)5-4-12-45-2)50(43,44)40-19-33(42)48-31(16-26-27(35)17-39-18-28(26)36)22-8-10-30(49-34(37)38)32(15-22)47-20-21-6-7-21;/h8-11,14-15,17-18,21,31,34,40H,3-7,12-13,16,19-20H2,1-2H3;1H2/t31-;/m0./s1. The predicted molar refractivity (Wildman–Crippen MR) is 181 cm³/mol. The number of nitrogens with one attached hydrogen (secondary N) is 2. The van der Waals surface area contributed by atoms with Crippen molar-refractivity contribution in [3.05, 3.63) is 75.5 Å². The van der Waals surface area contributed by atoms with Crippen LogP contribution in [0.4, 0.5) is 8.78 Å². The smallest absolute Gasteiger partial charge is 0.387 e. The van der Waals surface area contributed by atoms with Crippen LogP contribution in [-0.4, -0.2) is 65.7 Å². The molecule has 0 amide bonds. The van der Waals surface area contributed by atoms with E-state index in [1.54, 1.807) is 6.92 Å². The summed E-state index contributed by atoms with van der Waals surface area (Å²) < 4.78 is 81.9. The van der Waals surface area contributed by atoms with Gasteiger partial charge in [-0.3, -0.25) is 9.59 Å². The van der Waals surface area contributed by atoms with Crippen LogP contribution in [0.3, 0.4) is 0 Å². The number of rotatable bonds is 21. The lowest BCUT2D eigenvalue weighted by molar-refractivity contribution is -0.377. The van der Waals surface area contributed by atoms with Gasteiger partial charge in [0.2, 0.25) is 10.0 Å². The van der Waals surface area contributed by atoms with Gasteiger partial charge >= 0.3 is 12.6 Å². The molecule has 51 heavy (non-hydrogen) atoms. The van der Waals surface area contributed by atoms with Gasteiger partial charge in [-0.25, -0.2) is 13.4 Å². The summed E-state index contributed by atoms with van der Waals surface area (Å²) in [5.74, 6) is -0.578. The lowest BCUT2D eigenvalue weighted by Gasteiger charge is -2.21. The number of benzene rings is 2. The first-order valence-electron chi connectivity index (χ1n) is 15.9. The van der Waals surface area contributed by atoms with Crippen molar-refractivity contribution in [2.45, 2.75) is 63.1 Å². The van der Waals surface area contributed by atoms with Crippen molar-refractivity contribution in [3.63, 3.8) is 0 Å². The molecule has 3 N–H and O–H groups in total. The summed E-state index contributed by atoms with van der Waals surface area (Å²) in [5, 5.41) is 0.483. The first kappa shape index (κ1) is 41.8. The minimum atomic E-state index is -4.26. The van der Waals surface area contributed by atoms with Crippen molar-refractivity contribution < 1.29 is 60.9 Å². The van der Waals surface area contributed by atoms with Crippen LogP contribution >= 0.6 is 23.2 Å². The van der Waals surface area contributed by atoms with E-state index in [1.807, 2.05) is 0 Å². The second-order valence-electron chi connectivity index (χ2n) is 11.5. The topological polar surface area (TPSA) is 171 Å². The monoisotopic (exact) mass is 776 g/mol. The summed E-state index contributed by atoms with van der Waals surface area (Å²) in [7, 11) is -2.73. The fourth-order valence-electron chi connectivity index (χ4n) is 4.92. The molecule has 280 valence electrons. The van der Waals surface area contributed by atoms with E-state index in [4.69, 9.17) is 42.1 Å². The molecule has 0 saturated heterocycles. The van der Waals surface area contributed by atoms with Crippen LogP contribution in [0, 0.1) is 5.92 Å². The Morgan fingerprint density at radius 3 is 2.37 bits per heavy atom. The minimum absolute atomic E-state index is 0. The third-order valence-electron chi connectivity index (χ3n) is 7.63. The molecule has 17 heteroatoms. The molecule has 0 unspecified atom stereocenters. The molecule has 0 bridgehead atoms. The normalized spacial score (nSPS) is 13.3. The average molecular weight is 778 g/mol. The molecule has 3 aromatic rings. The Morgan fingerprint density at radius 1 is 1.02 bits per heavy atom. The zero-order valence-corrected chi connectivity index (χ0v) is 30.3. The van der Waals surface area contributed by atoms with E-state index in [1.165, 1.54) is 55.9 Å². The van der Waals surface area contributed by atoms with E-state index in [9.17, 15) is 26.8 Å². The Hall–Kier alpha value is -3.60. The van der Waals surface area contributed by atoms with Gasteiger partial charge in [-0.2, -0.15) is 13.5 Å². The number of carbonyl (C=O) groups excluding carboxylic acids is 2. The number of esters is 1. The van der Waals surface area contributed by atoms with Crippen LogP contribution in [0.5, 0.6) is 17.2 Å². The summed E-state index contributed by atoms with van der Waals surface area (Å²) in [6, 6.07) is 8.23. The molecular formula is C34H40Cl2F2N2O10S. The summed E-state index contributed by atoms with van der Waals surface area (Å²) in [5.41, 5.74) is 1.13. The molecule has 1 heterocycles. The second kappa shape index (κ2) is 19.9. The Labute approximate surface area is 305 Å². The number of carbonyl (C=O) groups is 2. The molecule has 1 aliphatic rings. The van der Waals surface area contributed by atoms with Gasteiger partial charge in [-0.1, -0.05) is 29.3 Å². The van der Waals surface area contributed by atoms with E-state index in [0.29, 0.717) is 48.0 Å². The fraction of sp³-hybridized carbons (Fsp3) is 0.441. The van der Waals surface area contributed by atoms with E-state index >= 15 is 0 Å². The number of Topliss-reactive ketones (excluding diaryl/α,β-unsaturated/α-hetero) is 1. The maximum Gasteiger partial charge on any atom is 0.387 e. The molecule has 2 aromatic carbocycles. The fourth-order valence-corrected chi connectivity index (χ4v) is 6.47. The molecule has 12 nitrogen and oxygen atoms in total. The number of hydrogen-bond acceptors (Lipinski definition) is 10. The van der Waals surface area contributed by atoms with Crippen LogP contribution < -0.4 is 23.9 Å². The maximum atomic E-state index is 13.3. The van der Waals surface area contributed by atoms with Crippen molar-refractivity contribution in [2.24, 2.45) is 5.92 Å². The average Bonchev–Trinajstić information content (AvgIpc) is 3.90. The number of alkyl halides is 2. The molecule has 1 aromatic heterocycles. The summed E-state index contributed by atoms with van der Waals surface area (Å²) in [6.07, 6.45) is 4.43. The highest BCUT2D eigenvalue weighted by Crippen LogP contribution is 2.38. The molecule has 0 radical (unpaired) electrons. The van der Waals surface area contributed by atoms with E-state index in [0.717, 1.165) is 12.8 Å². The Bertz CT molecular complexity index is 1730. The Kier molecular flexibility index (Phi) is 16.3. The molecule has 1 atom stereocenters. The van der Waals surface area contributed by atoms with Crippen LogP contribution in [0.2, 0.25) is 10.0 Å². The quantitative estimate of drug-likeness (QED) is 0.104. The molecule has 1 fully saturated rings. The number of ether oxygens (including phenoxy) is 5. The first-order valence-corrected chi connectivity index (χ1v) is 18.1. The number of methoxy groups -OCH3 is 1. The van der Waals surface area contributed by atoms with Gasteiger partial charge in [-0.15, -0.1) is 0 Å². The highest BCUT2D eigenvalue weighted by molar-refractivity contribution is 7.89. The third-order valence-corrected chi connectivity index (χ3v) is 9.70. The second-order valence-corrected chi connectivity index (χ2v) is 14.1. The number of sulfonamides is 1. The van der Waals surface area contributed by atoms with E-state index in [2.05, 4.69) is 14.4 Å². The van der Waals surface area contributed by atoms with E-state index in [-0.39, 0.29) is 63.6 Å². The largest absolute Gasteiger partial charge is 0.870 e. The van der Waals surface area contributed by atoms with Crippen LogP contribution in [0.15, 0.2) is 53.7 Å². The van der Waals surface area contributed by atoms with Gasteiger partial charge < -0.3 is 29.2 Å². The number of aromatic amines is 1. The summed E-state index contributed by atoms with van der Waals surface area (Å²) in [4.78, 5) is 28.4. The van der Waals surface area contributed by atoms with Crippen molar-refractivity contribution in [3.8, 4) is 17.2 Å². The molecule has 0 aliphatic heterocycles. The van der Waals surface area contributed by atoms with Crippen molar-refractivity contribution in [1.82, 2.24) is 4.72 Å². The number of pyridine rings is 1. The molecular weight excluding hydrogens is 737 g/mol. The summed E-state index contributed by atoms with van der Waals surface area (Å²) in [6.45, 7) is -1.10. The van der Waals surface area contributed by atoms with Gasteiger partial charge in [0.15, 0.2) is 23.9 Å². The minimum Gasteiger partial charge on any atom is -0.870 e. The predicted octanol–water partition coefficient (Wildman–Crippen LogP) is 5.76. The zero-order valence-electron chi connectivity index (χ0n) is 28.0. The van der Waals surface area contributed by atoms with Gasteiger partial charge in [0.1, 0.15) is 34.2 Å². The number of ketones is 1. The lowest BCUT2D eigenvalue weighted by Crippen LogP contribution is -2.32. The van der Waals surface area contributed by atoms with Crippen LogP contribution in [-0.2, 0) is 41.9 Å². The maximum absolute atomic E-state index is 13.3. The SMILES string of the molecule is CCOc1ccc(S(=O)(=O)NCC(=O)O[C@@H](Cc2c(Cl)c[nH+]cc2Cl)c2ccc(OC(F)F)c(OCC3CC3)c2)cc1CC(=O)CCCOC.[OH-]. The highest BCUT2D eigenvalue weighted by atomic mass is 35.5. The van der Waals surface area contributed by atoms with Gasteiger partial charge in [0.05, 0.1) is 18.1 Å². The number of aromatic nitrogens is 1. The van der Waals surface area contributed by atoms with Gasteiger partial charge in [0.25, 0.3) is 0 Å². The van der Waals surface area contributed by atoms with Crippen LogP contribution in [0.1, 0.15) is 55.4 Å². The Balaban J connectivity index is 0.00000702. The zero-order chi connectivity index (χ0) is 36.3. The van der Waals surface area contributed by atoms with Crippen molar-refractivity contribution in [1.29, 1.82) is 0 Å². The van der Waals surface area contributed by atoms with E-state index < -0.39 is 35.3 Å².